The van der Waals surface area contributed by atoms with Gasteiger partial charge in [0.15, 0.2) is 0 Å². The first-order chi connectivity index (χ1) is 15.5. The van der Waals surface area contributed by atoms with E-state index in [9.17, 15) is 13.6 Å². The van der Waals surface area contributed by atoms with Crippen LogP contribution in [0.3, 0.4) is 0 Å². The maximum atomic E-state index is 13.5. The van der Waals surface area contributed by atoms with Crippen LogP contribution < -0.4 is 15.4 Å². The van der Waals surface area contributed by atoms with Crippen LogP contribution >= 0.6 is 0 Å². The molecule has 3 N–H and O–H groups in total. The summed E-state index contributed by atoms with van der Waals surface area (Å²) in [6.07, 6.45) is 0.809. The molecule has 6 nitrogen and oxygen atoms in total. The van der Waals surface area contributed by atoms with Gasteiger partial charge >= 0.3 is 6.03 Å². The van der Waals surface area contributed by atoms with Crippen molar-refractivity contribution in [2.24, 2.45) is 0 Å². The molecule has 1 saturated heterocycles. The van der Waals surface area contributed by atoms with Crippen molar-refractivity contribution in [2.45, 2.75) is 19.0 Å². The number of benzene rings is 3. The number of aliphatic hydroxyl groups is 1. The third kappa shape index (κ3) is 5.52. The summed E-state index contributed by atoms with van der Waals surface area (Å²) in [6, 6.07) is 14.1. The topological polar surface area (TPSA) is 73.8 Å². The zero-order valence-corrected chi connectivity index (χ0v) is 17.5. The molecule has 8 heteroatoms. The second kappa shape index (κ2) is 9.93. The lowest BCUT2D eigenvalue weighted by molar-refractivity contribution is 0.201. The van der Waals surface area contributed by atoms with E-state index >= 15 is 0 Å². The maximum Gasteiger partial charge on any atom is 0.319 e. The molecule has 3 aromatic rings. The fraction of sp³-hybridized carbons (Fsp3) is 0.292. The van der Waals surface area contributed by atoms with Gasteiger partial charge in [-0.1, -0.05) is 18.2 Å². The summed E-state index contributed by atoms with van der Waals surface area (Å²) in [4.78, 5) is 14.7. The number of amides is 2. The highest BCUT2D eigenvalue weighted by atomic mass is 19.1. The van der Waals surface area contributed by atoms with Crippen molar-refractivity contribution in [3.8, 4) is 5.75 Å². The Morgan fingerprint density at radius 3 is 2.66 bits per heavy atom. The molecule has 4 rings (SSSR count). The molecule has 2 amide bonds. The highest BCUT2D eigenvalue weighted by Gasteiger charge is 2.24. The molecule has 1 aliphatic rings. The molecule has 0 unspecified atom stereocenters. The molecule has 0 bridgehead atoms. The molecule has 0 radical (unpaired) electrons. The normalized spacial score (nSPS) is 16.3. The molecule has 3 aromatic carbocycles. The molecule has 168 valence electrons. The Labute approximate surface area is 184 Å². The summed E-state index contributed by atoms with van der Waals surface area (Å²) < 4.78 is 32.1. The standard InChI is InChI=1S/C24H25F2N3O3/c25-19-4-3-17-11-16(1-2-18(17)12-19)14-29-8-7-21(15-29)27-24(31)28-22-6-5-20(26)13-23(22)32-10-9-30/h1-6,11-13,21,30H,7-10,14-15H2,(H2,27,28,31)/t21-/m1/s1. The number of hydrogen-bond acceptors (Lipinski definition) is 4. The largest absolute Gasteiger partial charge is 0.489 e. The number of rotatable bonds is 7. The molecule has 1 atom stereocenters. The van der Waals surface area contributed by atoms with E-state index in [4.69, 9.17) is 9.84 Å². The van der Waals surface area contributed by atoms with Crippen LogP contribution in [0.2, 0.25) is 0 Å². The first-order valence-corrected chi connectivity index (χ1v) is 10.5. The summed E-state index contributed by atoms with van der Waals surface area (Å²) >= 11 is 0. The second-order valence-electron chi connectivity index (χ2n) is 7.86. The Morgan fingerprint density at radius 2 is 1.81 bits per heavy atom. The number of hydrogen-bond donors (Lipinski definition) is 3. The monoisotopic (exact) mass is 441 g/mol. The number of likely N-dealkylation sites (tertiary alicyclic amines) is 1. The molecule has 0 saturated carbocycles. The van der Waals surface area contributed by atoms with Gasteiger partial charge in [-0.15, -0.1) is 0 Å². The van der Waals surface area contributed by atoms with E-state index in [0.29, 0.717) is 12.2 Å². The van der Waals surface area contributed by atoms with E-state index in [0.717, 1.165) is 35.8 Å². The number of carbonyl (C=O) groups is 1. The SMILES string of the molecule is O=C(Nc1ccc(F)cc1OCCO)N[C@@H]1CCN(Cc2ccc3cc(F)ccc3c2)C1. The van der Waals surface area contributed by atoms with Crippen LogP contribution in [-0.2, 0) is 6.54 Å². The first kappa shape index (κ1) is 22.0. The highest BCUT2D eigenvalue weighted by molar-refractivity contribution is 5.91. The third-order valence-electron chi connectivity index (χ3n) is 5.42. The average molecular weight is 441 g/mol. The number of ether oxygens (including phenoxy) is 1. The van der Waals surface area contributed by atoms with E-state index in [1.165, 1.54) is 30.3 Å². The Morgan fingerprint density at radius 1 is 1.06 bits per heavy atom. The first-order valence-electron chi connectivity index (χ1n) is 10.5. The molecular formula is C24H25F2N3O3. The van der Waals surface area contributed by atoms with Crippen molar-refractivity contribution in [1.29, 1.82) is 0 Å². The van der Waals surface area contributed by atoms with Crippen molar-refractivity contribution in [1.82, 2.24) is 10.2 Å². The number of aliphatic hydroxyl groups excluding tert-OH is 1. The third-order valence-corrected chi connectivity index (χ3v) is 5.42. The van der Waals surface area contributed by atoms with Gasteiger partial charge in [-0.2, -0.15) is 0 Å². The van der Waals surface area contributed by atoms with Crippen LogP contribution in [0.1, 0.15) is 12.0 Å². The van der Waals surface area contributed by atoms with Crippen LogP contribution in [0.4, 0.5) is 19.3 Å². The Kier molecular flexibility index (Phi) is 6.82. The van der Waals surface area contributed by atoms with Crippen LogP contribution in [-0.4, -0.2) is 48.4 Å². The van der Waals surface area contributed by atoms with Crippen LogP contribution in [0.5, 0.6) is 5.75 Å². The number of anilines is 1. The number of urea groups is 1. The fourth-order valence-electron chi connectivity index (χ4n) is 3.93. The fourth-order valence-corrected chi connectivity index (χ4v) is 3.93. The second-order valence-corrected chi connectivity index (χ2v) is 7.86. The predicted octanol–water partition coefficient (Wildman–Crippen LogP) is 3.89. The van der Waals surface area contributed by atoms with Gasteiger partial charge in [0.05, 0.1) is 12.3 Å². The number of halogens is 2. The zero-order chi connectivity index (χ0) is 22.5. The molecule has 0 aliphatic carbocycles. The van der Waals surface area contributed by atoms with Crippen LogP contribution in [0.15, 0.2) is 54.6 Å². The minimum Gasteiger partial charge on any atom is -0.489 e. The Hall–Kier alpha value is -3.23. The van der Waals surface area contributed by atoms with Crippen molar-refractivity contribution in [2.75, 3.05) is 31.6 Å². The van der Waals surface area contributed by atoms with Gasteiger partial charge in [0.1, 0.15) is 24.0 Å². The molecule has 0 aromatic heterocycles. The molecule has 1 fully saturated rings. The van der Waals surface area contributed by atoms with E-state index < -0.39 is 11.8 Å². The van der Waals surface area contributed by atoms with Crippen molar-refractivity contribution >= 4 is 22.5 Å². The number of nitrogens with zero attached hydrogens (tertiary/aromatic N) is 1. The maximum absolute atomic E-state index is 13.5. The van der Waals surface area contributed by atoms with Crippen molar-refractivity contribution in [3.05, 3.63) is 71.8 Å². The zero-order valence-electron chi connectivity index (χ0n) is 17.5. The predicted molar refractivity (Wildman–Crippen MR) is 119 cm³/mol. The summed E-state index contributed by atoms with van der Waals surface area (Å²) in [5.74, 6) is -0.572. The van der Waals surface area contributed by atoms with Crippen molar-refractivity contribution < 1.29 is 23.4 Å². The van der Waals surface area contributed by atoms with Gasteiger partial charge in [0, 0.05) is 31.7 Å². The number of carbonyl (C=O) groups excluding carboxylic acids is 1. The van der Waals surface area contributed by atoms with Crippen LogP contribution in [0.25, 0.3) is 10.8 Å². The highest BCUT2D eigenvalue weighted by Crippen LogP contribution is 2.25. The van der Waals surface area contributed by atoms with E-state index in [1.807, 2.05) is 12.1 Å². The lowest BCUT2D eigenvalue weighted by atomic mass is 10.1. The van der Waals surface area contributed by atoms with Gasteiger partial charge in [0.2, 0.25) is 0 Å². The van der Waals surface area contributed by atoms with Gasteiger partial charge in [0.25, 0.3) is 0 Å². The van der Waals surface area contributed by atoms with Gasteiger partial charge in [-0.05, 0) is 53.1 Å². The number of nitrogens with one attached hydrogen (secondary N) is 2. The lowest BCUT2D eigenvalue weighted by Gasteiger charge is -2.18. The lowest BCUT2D eigenvalue weighted by Crippen LogP contribution is -2.39. The molecule has 32 heavy (non-hydrogen) atoms. The Bertz CT molecular complexity index is 1110. The van der Waals surface area contributed by atoms with Gasteiger partial charge in [-0.3, -0.25) is 4.90 Å². The molecule has 0 spiro atoms. The van der Waals surface area contributed by atoms with Gasteiger partial charge < -0.3 is 20.5 Å². The summed E-state index contributed by atoms with van der Waals surface area (Å²) in [6.45, 7) is 2.07. The molecule has 1 aliphatic heterocycles. The minimum atomic E-state index is -0.492. The average Bonchev–Trinajstić information content (AvgIpc) is 3.20. The van der Waals surface area contributed by atoms with Crippen molar-refractivity contribution in [3.63, 3.8) is 0 Å². The Balaban J connectivity index is 1.31. The minimum absolute atomic E-state index is 0.00104. The molecular weight excluding hydrogens is 416 g/mol. The smallest absolute Gasteiger partial charge is 0.319 e. The van der Waals surface area contributed by atoms with Gasteiger partial charge in [-0.25, -0.2) is 13.6 Å². The quantitative estimate of drug-likeness (QED) is 0.520. The summed E-state index contributed by atoms with van der Waals surface area (Å²) in [5, 5.41) is 16.4. The number of fused-ring (bicyclic) bond motifs is 1. The molecule has 1 heterocycles. The summed E-state index contributed by atoms with van der Waals surface area (Å²) in [7, 11) is 0. The van der Waals surface area contributed by atoms with E-state index in [-0.39, 0.29) is 30.8 Å². The van der Waals surface area contributed by atoms with E-state index in [2.05, 4.69) is 21.6 Å². The van der Waals surface area contributed by atoms with E-state index in [1.54, 1.807) is 6.07 Å². The summed E-state index contributed by atoms with van der Waals surface area (Å²) in [5.41, 5.74) is 1.46. The van der Waals surface area contributed by atoms with Crippen LogP contribution in [0, 0.1) is 11.6 Å².